The summed E-state index contributed by atoms with van der Waals surface area (Å²) in [5, 5.41) is 2.92. The van der Waals surface area contributed by atoms with E-state index in [1.54, 1.807) is 48.4 Å². The van der Waals surface area contributed by atoms with E-state index in [1.807, 2.05) is 31.4 Å². The highest BCUT2D eigenvalue weighted by Crippen LogP contribution is 2.31. The third kappa shape index (κ3) is 3.88. The minimum Gasteiger partial charge on any atom is -0.493 e. The van der Waals surface area contributed by atoms with E-state index in [2.05, 4.69) is 10.3 Å². The standard InChI is InChI=1S/C18H18N2O3S2/c1-4-23-14-8-5-11(9-15(14)22-2)17(21)19-12-6-7-13-16(10-12)25-18(20-13)24-3/h5-10H,4H2,1-3H3,(H,19,21). The first-order valence-corrected chi connectivity index (χ1v) is 9.75. The van der Waals surface area contributed by atoms with Gasteiger partial charge >= 0.3 is 0 Å². The van der Waals surface area contributed by atoms with Gasteiger partial charge in [-0.15, -0.1) is 11.3 Å². The second-order valence-electron chi connectivity index (χ2n) is 5.12. The summed E-state index contributed by atoms with van der Waals surface area (Å²) in [5.41, 5.74) is 2.19. The van der Waals surface area contributed by atoms with Gasteiger partial charge in [-0.05, 0) is 49.6 Å². The maximum atomic E-state index is 12.5. The molecule has 0 aliphatic carbocycles. The zero-order valence-electron chi connectivity index (χ0n) is 14.2. The molecule has 3 aromatic rings. The summed E-state index contributed by atoms with van der Waals surface area (Å²) in [6.07, 6.45) is 2.00. The van der Waals surface area contributed by atoms with E-state index >= 15 is 0 Å². The third-order valence-corrected chi connectivity index (χ3v) is 5.53. The number of thiazole rings is 1. The molecular formula is C18H18N2O3S2. The first-order valence-electron chi connectivity index (χ1n) is 7.71. The number of hydrogen-bond donors (Lipinski definition) is 1. The van der Waals surface area contributed by atoms with E-state index in [0.717, 1.165) is 20.2 Å². The maximum Gasteiger partial charge on any atom is 0.255 e. The highest BCUT2D eigenvalue weighted by atomic mass is 32.2. The molecule has 0 saturated heterocycles. The lowest BCUT2D eigenvalue weighted by atomic mass is 10.2. The number of amides is 1. The predicted molar refractivity (Wildman–Crippen MR) is 104 cm³/mol. The van der Waals surface area contributed by atoms with Gasteiger partial charge in [-0.2, -0.15) is 0 Å². The number of benzene rings is 2. The molecule has 5 nitrogen and oxygen atoms in total. The molecule has 0 bridgehead atoms. The quantitative estimate of drug-likeness (QED) is 0.635. The lowest BCUT2D eigenvalue weighted by molar-refractivity contribution is 0.102. The van der Waals surface area contributed by atoms with Crippen LogP contribution < -0.4 is 14.8 Å². The summed E-state index contributed by atoms with van der Waals surface area (Å²) in [6.45, 7) is 2.44. The molecule has 0 atom stereocenters. The van der Waals surface area contributed by atoms with Crippen molar-refractivity contribution >= 4 is 44.9 Å². The summed E-state index contributed by atoms with van der Waals surface area (Å²) in [4.78, 5) is 17.0. The van der Waals surface area contributed by atoms with Crippen LogP contribution in [0.5, 0.6) is 11.5 Å². The maximum absolute atomic E-state index is 12.5. The largest absolute Gasteiger partial charge is 0.493 e. The number of fused-ring (bicyclic) bond motifs is 1. The normalized spacial score (nSPS) is 10.7. The lowest BCUT2D eigenvalue weighted by Crippen LogP contribution is -2.12. The Morgan fingerprint density at radius 1 is 1.24 bits per heavy atom. The molecule has 1 N–H and O–H groups in total. The fourth-order valence-electron chi connectivity index (χ4n) is 2.36. The van der Waals surface area contributed by atoms with Crippen LogP contribution in [0.1, 0.15) is 17.3 Å². The van der Waals surface area contributed by atoms with E-state index in [-0.39, 0.29) is 5.91 Å². The smallest absolute Gasteiger partial charge is 0.255 e. The van der Waals surface area contributed by atoms with Crippen molar-refractivity contribution in [3.05, 3.63) is 42.0 Å². The molecule has 0 aliphatic rings. The first-order chi connectivity index (χ1) is 12.1. The third-order valence-electron chi connectivity index (χ3n) is 3.53. The number of carbonyl (C=O) groups is 1. The van der Waals surface area contributed by atoms with Crippen LogP contribution >= 0.6 is 23.1 Å². The van der Waals surface area contributed by atoms with Crippen molar-refractivity contribution in [1.82, 2.24) is 4.98 Å². The number of hydrogen-bond acceptors (Lipinski definition) is 6. The molecule has 0 aliphatic heterocycles. The molecular weight excluding hydrogens is 356 g/mol. The molecule has 130 valence electrons. The summed E-state index contributed by atoms with van der Waals surface area (Å²) in [6, 6.07) is 10.9. The molecule has 0 spiro atoms. The number of ether oxygens (including phenoxy) is 2. The van der Waals surface area contributed by atoms with Crippen LogP contribution in [0.25, 0.3) is 10.2 Å². The van der Waals surface area contributed by atoms with Gasteiger partial charge in [0.1, 0.15) is 0 Å². The van der Waals surface area contributed by atoms with Crippen molar-refractivity contribution in [2.45, 2.75) is 11.3 Å². The second-order valence-corrected chi connectivity index (χ2v) is 7.20. The van der Waals surface area contributed by atoms with Crippen molar-refractivity contribution in [1.29, 1.82) is 0 Å². The van der Waals surface area contributed by atoms with Crippen molar-refractivity contribution < 1.29 is 14.3 Å². The number of thioether (sulfide) groups is 1. The zero-order valence-corrected chi connectivity index (χ0v) is 15.8. The van der Waals surface area contributed by atoms with Gasteiger partial charge in [-0.1, -0.05) is 11.8 Å². The monoisotopic (exact) mass is 374 g/mol. The van der Waals surface area contributed by atoms with Crippen molar-refractivity contribution in [3.63, 3.8) is 0 Å². The number of rotatable bonds is 6. The molecule has 1 heterocycles. The van der Waals surface area contributed by atoms with Crippen molar-refractivity contribution in [3.8, 4) is 11.5 Å². The van der Waals surface area contributed by atoms with Crippen LogP contribution in [-0.2, 0) is 0 Å². The summed E-state index contributed by atoms with van der Waals surface area (Å²) >= 11 is 3.23. The van der Waals surface area contributed by atoms with E-state index in [4.69, 9.17) is 9.47 Å². The van der Waals surface area contributed by atoms with Crippen molar-refractivity contribution in [2.75, 3.05) is 25.3 Å². The van der Waals surface area contributed by atoms with Crippen LogP contribution in [0, 0.1) is 0 Å². The number of aromatic nitrogens is 1. The predicted octanol–water partition coefficient (Wildman–Crippen LogP) is 4.68. The highest BCUT2D eigenvalue weighted by Gasteiger charge is 2.12. The molecule has 0 saturated carbocycles. The number of methoxy groups -OCH3 is 1. The van der Waals surface area contributed by atoms with Crippen LogP contribution in [0.3, 0.4) is 0 Å². The van der Waals surface area contributed by atoms with Crippen LogP contribution in [0.4, 0.5) is 5.69 Å². The highest BCUT2D eigenvalue weighted by molar-refractivity contribution is 8.00. The first kappa shape index (κ1) is 17.6. The average molecular weight is 374 g/mol. The fourth-order valence-corrected chi connectivity index (χ4v) is 3.88. The Hall–Kier alpha value is -2.25. The Balaban J connectivity index is 1.81. The minimum atomic E-state index is -0.199. The zero-order chi connectivity index (χ0) is 17.8. The number of nitrogens with one attached hydrogen (secondary N) is 1. The molecule has 7 heteroatoms. The van der Waals surface area contributed by atoms with E-state index in [9.17, 15) is 4.79 Å². The van der Waals surface area contributed by atoms with Crippen LogP contribution in [-0.4, -0.2) is 30.9 Å². The Labute approximate surface area is 154 Å². The molecule has 1 aromatic heterocycles. The number of carbonyl (C=O) groups excluding carboxylic acids is 1. The van der Waals surface area contributed by atoms with Gasteiger partial charge < -0.3 is 14.8 Å². The number of anilines is 1. The number of nitrogens with zero attached hydrogens (tertiary/aromatic N) is 1. The summed E-state index contributed by atoms with van der Waals surface area (Å²) < 4.78 is 12.8. The second kappa shape index (κ2) is 7.76. The van der Waals surface area contributed by atoms with E-state index in [1.165, 1.54) is 0 Å². The van der Waals surface area contributed by atoms with E-state index in [0.29, 0.717) is 23.7 Å². The van der Waals surface area contributed by atoms with Crippen LogP contribution in [0.15, 0.2) is 40.7 Å². The van der Waals surface area contributed by atoms with E-state index < -0.39 is 0 Å². The van der Waals surface area contributed by atoms with Crippen LogP contribution in [0.2, 0.25) is 0 Å². The van der Waals surface area contributed by atoms with Crippen molar-refractivity contribution in [2.24, 2.45) is 0 Å². The molecule has 25 heavy (non-hydrogen) atoms. The topological polar surface area (TPSA) is 60.5 Å². The van der Waals surface area contributed by atoms with Gasteiger partial charge in [-0.3, -0.25) is 4.79 Å². The molecule has 0 radical (unpaired) electrons. The Kier molecular flexibility index (Phi) is 5.45. The van der Waals surface area contributed by atoms with Gasteiger partial charge in [-0.25, -0.2) is 4.98 Å². The SMILES string of the molecule is CCOc1ccc(C(=O)Nc2ccc3nc(SC)sc3c2)cc1OC. The summed E-state index contributed by atoms with van der Waals surface area (Å²) in [7, 11) is 1.56. The summed E-state index contributed by atoms with van der Waals surface area (Å²) in [5.74, 6) is 0.963. The molecule has 0 fully saturated rings. The van der Waals surface area contributed by atoms with Gasteiger partial charge in [0, 0.05) is 11.3 Å². The minimum absolute atomic E-state index is 0.199. The Morgan fingerprint density at radius 3 is 2.80 bits per heavy atom. The molecule has 3 rings (SSSR count). The van der Waals surface area contributed by atoms with Gasteiger partial charge in [0.25, 0.3) is 5.91 Å². The van der Waals surface area contributed by atoms with Gasteiger partial charge in [0.15, 0.2) is 15.8 Å². The average Bonchev–Trinajstić information content (AvgIpc) is 3.04. The molecule has 2 aromatic carbocycles. The molecule has 0 unspecified atom stereocenters. The Bertz CT molecular complexity index is 908. The van der Waals surface area contributed by atoms with Gasteiger partial charge in [0.2, 0.25) is 0 Å². The fraction of sp³-hybridized carbons (Fsp3) is 0.222. The Morgan fingerprint density at radius 2 is 2.08 bits per heavy atom. The lowest BCUT2D eigenvalue weighted by Gasteiger charge is -2.11. The molecule has 1 amide bonds. The van der Waals surface area contributed by atoms with Gasteiger partial charge in [0.05, 0.1) is 23.9 Å².